The fourth-order valence-corrected chi connectivity index (χ4v) is 2.58. The minimum absolute atomic E-state index is 0.583. The Labute approximate surface area is 152 Å². The number of aromatic nitrogens is 2. The van der Waals surface area contributed by atoms with E-state index in [0.29, 0.717) is 24.6 Å². The summed E-state index contributed by atoms with van der Waals surface area (Å²) in [5, 5.41) is 4.40. The Morgan fingerprint density at radius 3 is 2.92 bits per heavy atom. The first-order chi connectivity index (χ1) is 12.7. The summed E-state index contributed by atoms with van der Waals surface area (Å²) in [6.07, 6.45) is 5.01. The SMILES string of the molecule is CCN=CC(=CN)c1ccc(N)c(NCc2ccc3ncccc3c2)n1. The van der Waals surface area contributed by atoms with Crippen LogP contribution >= 0.6 is 0 Å². The first kappa shape index (κ1) is 17.4. The maximum Gasteiger partial charge on any atom is 0.150 e. The fourth-order valence-electron chi connectivity index (χ4n) is 2.58. The van der Waals surface area contributed by atoms with Crippen molar-refractivity contribution in [2.75, 3.05) is 17.6 Å². The molecule has 0 saturated carbocycles. The van der Waals surface area contributed by atoms with Gasteiger partial charge in [-0.25, -0.2) is 4.98 Å². The van der Waals surface area contributed by atoms with E-state index in [1.807, 2.05) is 43.3 Å². The van der Waals surface area contributed by atoms with Gasteiger partial charge in [0, 0.05) is 42.7 Å². The van der Waals surface area contributed by atoms with Gasteiger partial charge in [0.2, 0.25) is 0 Å². The molecule has 0 bridgehead atoms. The third kappa shape index (κ3) is 3.97. The van der Waals surface area contributed by atoms with Crippen LogP contribution in [-0.2, 0) is 6.54 Å². The molecule has 0 saturated heterocycles. The molecular formula is C20H22N6. The van der Waals surface area contributed by atoms with Crippen molar-refractivity contribution in [1.29, 1.82) is 0 Å². The van der Waals surface area contributed by atoms with Gasteiger partial charge in [-0.2, -0.15) is 0 Å². The van der Waals surface area contributed by atoms with Gasteiger partial charge in [0.25, 0.3) is 0 Å². The minimum Gasteiger partial charge on any atom is -0.404 e. The van der Waals surface area contributed by atoms with Crippen LogP contribution in [0.15, 0.2) is 59.9 Å². The van der Waals surface area contributed by atoms with Crippen molar-refractivity contribution in [2.24, 2.45) is 10.7 Å². The summed E-state index contributed by atoms with van der Waals surface area (Å²) < 4.78 is 0. The van der Waals surface area contributed by atoms with Crippen LogP contribution in [0.2, 0.25) is 0 Å². The van der Waals surface area contributed by atoms with Gasteiger partial charge < -0.3 is 16.8 Å². The summed E-state index contributed by atoms with van der Waals surface area (Å²) in [5.41, 5.74) is 15.9. The molecule has 0 aliphatic rings. The summed E-state index contributed by atoms with van der Waals surface area (Å²) in [6, 6.07) is 13.8. The van der Waals surface area contributed by atoms with Gasteiger partial charge in [-0.05, 0) is 42.8 Å². The molecule has 2 aromatic heterocycles. The number of allylic oxidation sites excluding steroid dienone is 1. The van der Waals surface area contributed by atoms with E-state index in [4.69, 9.17) is 11.5 Å². The molecular weight excluding hydrogens is 324 g/mol. The first-order valence-corrected chi connectivity index (χ1v) is 8.47. The number of pyridine rings is 2. The van der Waals surface area contributed by atoms with Crippen LogP contribution in [0.25, 0.3) is 16.5 Å². The highest BCUT2D eigenvalue weighted by molar-refractivity contribution is 6.09. The quantitative estimate of drug-likeness (QED) is 0.595. The summed E-state index contributed by atoms with van der Waals surface area (Å²) in [4.78, 5) is 13.1. The predicted molar refractivity (Wildman–Crippen MR) is 109 cm³/mol. The zero-order valence-electron chi connectivity index (χ0n) is 14.7. The summed E-state index contributed by atoms with van der Waals surface area (Å²) in [7, 11) is 0. The van der Waals surface area contributed by atoms with Crippen LogP contribution in [-0.4, -0.2) is 22.7 Å². The van der Waals surface area contributed by atoms with Gasteiger partial charge in [-0.1, -0.05) is 12.1 Å². The van der Waals surface area contributed by atoms with Gasteiger partial charge >= 0.3 is 0 Å². The molecule has 0 atom stereocenters. The Kier molecular flexibility index (Phi) is 5.43. The van der Waals surface area contributed by atoms with Gasteiger partial charge in [0.05, 0.1) is 16.9 Å². The molecule has 0 aliphatic carbocycles. The molecule has 2 heterocycles. The summed E-state index contributed by atoms with van der Waals surface area (Å²) in [5.74, 6) is 0.623. The predicted octanol–water partition coefficient (Wildman–Crippen LogP) is 3.21. The Balaban J connectivity index is 1.80. The molecule has 0 aliphatic heterocycles. The normalized spacial score (nSPS) is 12.0. The van der Waals surface area contributed by atoms with E-state index >= 15 is 0 Å². The van der Waals surface area contributed by atoms with Crippen molar-refractivity contribution in [3.05, 3.63) is 66.1 Å². The minimum atomic E-state index is 0.583. The molecule has 3 rings (SSSR count). The Bertz CT molecular complexity index is 961. The fraction of sp³-hybridized carbons (Fsp3) is 0.150. The lowest BCUT2D eigenvalue weighted by atomic mass is 10.1. The smallest absolute Gasteiger partial charge is 0.150 e. The number of anilines is 2. The van der Waals surface area contributed by atoms with Gasteiger partial charge in [0.15, 0.2) is 0 Å². The lowest BCUT2D eigenvalue weighted by Gasteiger charge is -2.11. The standard InChI is InChI=1S/C20H22N6/c1-2-23-13-16(11-21)19-8-6-17(22)20(26-19)25-12-14-5-7-18-15(10-14)4-3-9-24-18/h3-11,13H,2,12,21-22H2,1H3,(H,25,26). The van der Waals surface area contributed by atoms with Crippen molar-refractivity contribution in [2.45, 2.75) is 13.5 Å². The van der Waals surface area contributed by atoms with Gasteiger partial charge in [0.1, 0.15) is 5.82 Å². The van der Waals surface area contributed by atoms with Crippen LogP contribution in [0.3, 0.4) is 0 Å². The number of benzene rings is 1. The van der Waals surface area contributed by atoms with E-state index in [1.165, 1.54) is 6.20 Å². The maximum atomic E-state index is 6.07. The molecule has 0 fully saturated rings. The highest BCUT2D eigenvalue weighted by atomic mass is 15.0. The van der Waals surface area contributed by atoms with E-state index in [1.54, 1.807) is 12.4 Å². The van der Waals surface area contributed by atoms with Crippen molar-refractivity contribution in [3.8, 4) is 0 Å². The second kappa shape index (κ2) is 8.11. The van der Waals surface area contributed by atoms with Gasteiger partial charge in [-0.3, -0.25) is 9.98 Å². The number of nitrogens with two attached hydrogens (primary N) is 2. The summed E-state index contributed by atoms with van der Waals surface area (Å²) >= 11 is 0. The van der Waals surface area contributed by atoms with E-state index in [2.05, 4.69) is 26.3 Å². The van der Waals surface area contributed by atoms with E-state index in [9.17, 15) is 0 Å². The number of hydrogen-bond donors (Lipinski definition) is 3. The van der Waals surface area contributed by atoms with Crippen LogP contribution in [0, 0.1) is 0 Å². The molecule has 0 amide bonds. The molecule has 3 aromatic rings. The molecule has 1 aromatic carbocycles. The Morgan fingerprint density at radius 2 is 2.12 bits per heavy atom. The number of fused-ring (bicyclic) bond motifs is 1. The van der Waals surface area contributed by atoms with Crippen LogP contribution in [0.5, 0.6) is 0 Å². The number of nitrogens with zero attached hydrogens (tertiary/aromatic N) is 3. The van der Waals surface area contributed by atoms with Crippen molar-refractivity contribution < 1.29 is 0 Å². The Hall–Kier alpha value is -3.41. The largest absolute Gasteiger partial charge is 0.404 e. The molecule has 0 spiro atoms. The number of hydrogen-bond acceptors (Lipinski definition) is 6. The van der Waals surface area contributed by atoms with Gasteiger partial charge in [-0.15, -0.1) is 0 Å². The molecule has 132 valence electrons. The first-order valence-electron chi connectivity index (χ1n) is 8.47. The Morgan fingerprint density at radius 1 is 1.23 bits per heavy atom. The van der Waals surface area contributed by atoms with Crippen molar-refractivity contribution in [3.63, 3.8) is 0 Å². The van der Waals surface area contributed by atoms with Crippen LogP contribution in [0.1, 0.15) is 18.2 Å². The molecule has 5 N–H and O–H groups in total. The van der Waals surface area contributed by atoms with E-state index in [-0.39, 0.29) is 0 Å². The van der Waals surface area contributed by atoms with Crippen molar-refractivity contribution in [1.82, 2.24) is 9.97 Å². The summed E-state index contributed by atoms with van der Waals surface area (Å²) in [6.45, 7) is 3.26. The number of rotatable bonds is 6. The molecule has 0 radical (unpaired) electrons. The number of aliphatic imine (C=N–C) groups is 1. The molecule has 6 nitrogen and oxygen atoms in total. The molecule has 6 heteroatoms. The second-order valence-electron chi connectivity index (χ2n) is 5.77. The zero-order chi connectivity index (χ0) is 18.4. The molecule has 26 heavy (non-hydrogen) atoms. The van der Waals surface area contributed by atoms with Crippen LogP contribution in [0.4, 0.5) is 11.5 Å². The lowest BCUT2D eigenvalue weighted by Crippen LogP contribution is -2.07. The topological polar surface area (TPSA) is 102 Å². The van der Waals surface area contributed by atoms with E-state index < -0.39 is 0 Å². The number of nitrogens with one attached hydrogen (secondary N) is 1. The van der Waals surface area contributed by atoms with Crippen LogP contribution < -0.4 is 16.8 Å². The highest BCUT2D eigenvalue weighted by Gasteiger charge is 2.06. The average molecular weight is 346 g/mol. The third-order valence-electron chi connectivity index (χ3n) is 3.94. The van der Waals surface area contributed by atoms with Crippen molar-refractivity contribution >= 4 is 34.2 Å². The third-order valence-corrected chi connectivity index (χ3v) is 3.94. The average Bonchev–Trinajstić information content (AvgIpc) is 2.68. The zero-order valence-corrected chi connectivity index (χ0v) is 14.7. The lowest BCUT2D eigenvalue weighted by molar-refractivity contribution is 1.11. The van der Waals surface area contributed by atoms with E-state index in [0.717, 1.165) is 27.7 Å². The molecule has 0 unspecified atom stereocenters. The monoisotopic (exact) mass is 346 g/mol. The highest BCUT2D eigenvalue weighted by Crippen LogP contribution is 2.21. The maximum absolute atomic E-state index is 6.07. The number of nitrogen functional groups attached to an aromatic ring is 1. The second-order valence-corrected chi connectivity index (χ2v) is 5.77.